The van der Waals surface area contributed by atoms with E-state index in [1.807, 2.05) is 56.0 Å². The highest BCUT2D eigenvalue weighted by molar-refractivity contribution is 6.71. The monoisotopic (exact) mass is 332 g/mol. The van der Waals surface area contributed by atoms with Crippen LogP contribution in [0.2, 0.25) is 39.3 Å². The molecule has 0 N–H and O–H groups in total. The summed E-state index contributed by atoms with van der Waals surface area (Å²) >= 11 is 0. The van der Waals surface area contributed by atoms with Gasteiger partial charge in [0.1, 0.15) is 5.75 Å². The Morgan fingerprint density at radius 2 is 1.41 bits per heavy atom. The first-order chi connectivity index (χ1) is 10.0. The molecule has 0 fully saturated rings. The van der Waals surface area contributed by atoms with Crippen molar-refractivity contribution < 1.29 is 13.6 Å². The fourth-order valence-corrected chi connectivity index (χ4v) is 3.61. The van der Waals surface area contributed by atoms with Gasteiger partial charge >= 0.3 is 5.97 Å². The second kappa shape index (κ2) is 5.89. The van der Waals surface area contributed by atoms with E-state index in [1.165, 1.54) is 0 Å². The van der Waals surface area contributed by atoms with Gasteiger partial charge in [-0.3, -0.25) is 0 Å². The summed E-state index contributed by atoms with van der Waals surface area (Å²) in [5.74, 6) is 0.660. The number of hydrogen-bond donors (Lipinski definition) is 0. The van der Waals surface area contributed by atoms with Gasteiger partial charge in [0.2, 0.25) is 16.6 Å². The predicted octanol–water partition coefficient (Wildman–Crippen LogP) is 5.05. The topological polar surface area (TPSA) is 35.5 Å². The minimum atomic E-state index is -1.87. The second-order valence-corrected chi connectivity index (χ2v) is 16.3. The van der Waals surface area contributed by atoms with Gasteiger partial charge in [-0.05, 0) is 74.3 Å². The first-order valence-corrected chi connectivity index (χ1v) is 14.3. The van der Waals surface area contributed by atoms with Gasteiger partial charge in [0.25, 0.3) is 0 Å². The van der Waals surface area contributed by atoms with Gasteiger partial charge in [0.05, 0.1) is 5.56 Å². The summed E-state index contributed by atoms with van der Waals surface area (Å²) in [6.07, 6.45) is 0. The van der Waals surface area contributed by atoms with Gasteiger partial charge in [-0.2, -0.15) is 0 Å². The van der Waals surface area contributed by atoms with Gasteiger partial charge in [-0.25, -0.2) is 4.79 Å². The van der Waals surface area contributed by atoms with Crippen LogP contribution in [0, 0.1) is 0 Å². The summed E-state index contributed by atoms with van der Waals surface area (Å²) < 4.78 is 11.5. The SMILES string of the molecule is C[Si](C)(C)OC(=O)c1ccc2cc(O[Si](C)(C)C)ccc2c1. The molecule has 118 valence electrons. The van der Waals surface area contributed by atoms with Crippen molar-refractivity contribution in [3.05, 3.63) is 42.0 Å². The van der Waals surface area contributed by atoms with E-state index >= 15 is 0 Å². The predicted molar refractivity (Wildman–Crippen MR) is 96.7 cm³/mol. The maximum Gasteiger partial charge on any atom is 0.324 e. The van der Waals surface area contributed by atoms with Crippen molar-refractivity contribution in [2.45, 2.75) is 39.3 Å². The Morgan fingerprint density at radius 1 is 0.818 bits per heavy atom. The van der Waals surface area contributed by atoms with Gasteiger partial charge in [-0.1, -0.05) is 12.1 Å². The minimum Gasteiger partial charge on any atom is -0.544 e. The number of rotatable bonds is 4. The van der Waals surface area contributed by atoms with E-state index in [2.05, 4.69) is 19.6 Å². The Labute approximate surface area is 134 Å². The van der Waals surface area contributed by atoms with Crippen LogP contribution < -0.4 is 4.43 Å². The highest BCUT2D eigenvalue weighted by Crippen LogP contribution is 2.24. The Bertz CT molecular complexity index is 697. The molecule has 5 heteroatoms. The molecule has 0 aliphatic heterocycles. The van der Waals surface area contributed by atoms with Crippen molar-refractivity contribution in [1.29, 1.82) is 0 Å². The van der Waals surface area contributed by atoms with Gasteiger partial charge in [0.15, 0.2) is 0 Å². The van der Waals surface area contributed by atoms with E-state index in [4.69, 9.17) is 8.85 Å². The van der Waals surface area contributed by atoms with Crippen LogP contribution in [0.4, 0.5) is 0 Å². The lowest BCUT2D eigenvalue weighted by Gasteiger charge is -2.19. The Morgan fingerprint density at radius 3 is 2.00 bits per heavy atom. The zero-order valence-corrected chi connectivity index (χ0v) is 16.2. The molecule has 22 heavy (non-hydrogen) atoms. The molecule has 0 atom stereocenters. The molecule has 0 unspecified atom stereocenters. The van der Waals surface area contributed by atoms with Crippen LogP contribution in [0.25, 0.3) is 10.8 Å². The molecule has 2 rings (SSSR count). The molecule has 0 bridgehead atoms. The average Bonchev–Trinajstić information content (AvgIpc) is 2.34. The molecule has 3 nitrogen and oxygen atoms in total. The molecule has 0 radical (unpaired) electrons. The number of benzene rings is 2. The molecule has 0 heterocycles. The standard InChI is InChI=1S/C17H24O3Si2/c1-21(2,3)19-16-10-9-13-11-15(8-7-14(13)12-16)17(18)20-22(4,5)6/h7-12H,1-6H3. The highest BCUT2D eigenvalue weighted by Gasteiger charge is 2.21. The van der Waals surface area contributed by atoms with E-state index < -0.39 is 16.6 Å². The van der Waals surface area contributed by atoms with E-state index in [-0.39, 0.29) is 5.97 Å². The molecular formula is C17H24O3Si2. The molecule has 0 aliphatic carbocycles. The van der Waals surface area contributed by atoms with Crippen LogP contribution in [-0.2, 0) is 4.43 Å². The fraction of sp³-hybridized carbons (Fsp3) is 0.353. The molecule has 0 saturated heterocycles. The van der Waals surface area contributed by atoms with Crippen molar-refractivity contribution in [3.8, 4) is 5.75 Å². The summed E-state index contributed by atoms with van der Waals surface area (Å²) in [7, 11) is -3.48. The van der Waals surface area contributed by atoms with E-state index in [0.717, 1.165) is 16.5 Å². The fourth-order valence-electron chi connectivity index (χ4n) is 2.10. The molecular weight excluding hydrogens is 308 g/mol. The Kier molecular flexibility index (Phi) is 4.49. The summed E-state index contributed by atoms with van der Waals surface area (Å²) in [4.78, 5) is 12.2. The summed E-state index contributed by atoms with van der Waals surface area (Å²) in [5.41, 5.74) is 0.605. The lowest BCUT2D eigenvalue weighted by molar-refractivity contribution is 0.0725. The third-order valence-corrected chi connectivity index (χ3v) is 4.52. The molecule has 0 aliphatic rings. The Balaban J connectivity index is 2.29. The first-order valence-electron chi connectivity index (χ1n) is 7.50. The number of carbonyl (C=O) groups is 1. The van der Waals surface area contributed by atoms with Gasteiger partial charge in [-0.15, -0.1) is 0 Å². The summed E-state index contributed by atoms with van der Waals surface area (Å²) in [6, 6.07) is 11.7. The van der Waals surface area contributed by atoms with E-state index in [1.54, 1.807) is 0 Å². The molecule has 2 aromatic carbocycles. The van der Waals surface area contributed by atoms with Crippen molar-refractivity contribution >= 4 is 33.4 Å². The highest BCUT2D eigenvalue weighted by atomic mass is 28.4. The number of carbonyl (C=O) groups excluding carboxylic acids is 1. The minimum absolute atomic E-state index is 0.233. The summed E-state index contributed by atoms with van der Waals surface area (Å²) in [5, 5.41) is 2.09. The molecule has 0 amide bonds. The first kappa shape index (κ1) is 16.8. The number of hydrogen-bond acceptors (Lipinski definition) is 3. The van der Waals surface area contributed by atoms with Crippen LogP contribution in [0.3, 0.4) is 0 Å². The van der Waals surface area contributed by atoms with E-state index in [0.29, 0.717) is 5.56 Å². The van der Waals surface area contributed by atoms with Crippen LogP contribution >= 0.6 is 0 Å². The third-order valence-electron chi connectivity index (χ3n) is 2.87. The van der Waals surface area contributed by atoms with Crippen LogP contribution in [-0.4, -0.2) is 22.6 Å². The largest absolute Gasteiger partial charge is 0.544 e. The van der Waals surface area contributed by atoms with Crippen LogP contribution in [0.15, 0.2) is 36.4 Å². The van der Waals surface area contributed by atoms with Gasteiger partial charge in [0, 0.05) is 0 Å². The molecule has 0 spiro atoms. The second-order valence-electron chi connectivity index (χ2n) is 7.44. The molecule has 0 aromatic heterocycles. The normalized spacial score (nSPS) is 12.3. The average molecular weight is 333 g/mol. The summed E-state index contributed by atoms with van der Waals surface area (Å²) in [6.45, 7) is 12.5. The zero-order chi connectivity index (χ0) is 16.5. The van der Waals surface area contributed by atoms with Crippen LogP contribution in [0.5, 0.6) is 5.75 Å². The third kappa shape index (κ3) is 4.71. The smallest absolute Gasteiger partial charge is 0.324 e. The van der Waals surface area contributed by atoms with Crippen molar-refractivity contribution in [2.24, 2.45) is 0 Å². The molecule has 2 aromatic rings. The maximum atomic E-state index is 12.2. The quantitative estimate of drug-likeness (QED) is 0.735. The van der Waals surface area contributed by atoms with E-state index in [9.17, 15) is 4.79 Å². The number of fused-ring (bicyclic) bond motifs is 1. The van der Waals surface area contributed by atoms with Crippen molar-refractivity contribution in [3.63, 3.8) is 0 Å². The lowest BCUT2D eigenvalue weighted by Crippen LogP contribution is -2.29. The lowest BCUT2D eigenvalue weighted by atomic mass is 10.1. The Hall–Kier alpha value is -1.60. The van der Waals surface area contributed by atoms with Crippen LogP contribution in [0.1, 0.15) is 10.4 Å². The van der Waals surface area contributed by atoms with Crippen molar-refractivity contribution in [1.82, 2.24) is 0 Å². The van der Waals surface area contributed by atoms with Gasteiger partial charge < -0.3 is 8.85 Å². The van der Waals surface area contributed by atoms with Crippen molar-refractivity contribution in [2.75, 3.05) is 0 Å². The maximum absolute atomic E-state index is 12.2. The zero-order valence-electron chi connectivity index (χ0n) is 14.2. The molecule has 0 saturated carbocycles.